The maximum absolute atomic E-state index is 5.93. The summed E-state index contributed by atoms with van der Waals surface area (Å²) in [6.45, 7) is 6.81. The third-order valence-corrected chi connectivity index (χ3v) is 4.91. The molecule has 1 atom stereocenters. The molecule has 1 unspecified atom stereocenters. The molecular weight excluding hydrogens is 385 g/mol. The predicted octanol–water partition coefficient (Wildman–Crippen LogP) is 6.74. The molecule has 1 heterocycles. The van der Waals surface area contributed by atoms with Crippen LogP contribution in [0.2, 0.25) is 5.35 Å². The first kappa shape index (κ1) is 18.3. The second kappa shape index (κ2) is 9.29. The molecule has 0 N–H and O–H groups in total. The lowest BCUT2D eigenvalue weighted by atomic mass is 9.78. The minimum atomic E-state index is 0.0829. The summed E-state index contributed by atoms with van der Waals surface area (Å²) < 4.78 is 6.65. The van der Waals surface area contributed by atoms with Crippen LogP contribution in [-0.2, 0) is 5.41 Å². The fourth-order valence-corrected chi connectivity index (χ4v) is 3.99. The maximum atomic E-state index is 5.93. The summed E-state index contributed by atoms with van der Waals surface area (Å²) in [5.74, 6) is 0.996. The van der Waals surface area contributed by atoms with Gasteiger partial charge in [0.25, 0.3) is 5.35 Å². The second-order valence-electron chi connectivity index (χ2n) is 5.92. The zero-order valence-corrected chi connectivity index (χ0v) is 15.9. The first-order chi connectivity index (χ1) is 9.53. The highest BCUT2D eigenvalue weighted by molar-refractivity contribution is 14.1. The summed E-state index contributed by atoms with van der Waals surface area (Å²) in [5.41, 5.74) is 0.0829. The number of unbranched alkanes of at least 4 members (excludes halogenated alkanes) is 5. The number of oxazole rings is 1. The molecule has 0 spiro atoms. The van der Waals surface area contributed by atoms with Crippen molar-refractivity contribution in [3.8, 4) is 0 Å². The van der Waals surface area contributed by atoms with Gasteiger partial charge in [-0.3, -0.25) is 0 Å². The van der Waals surface area contributed by atoms with Crippen LogP contribution in [-0.4, -0.2) is 4.98 Å². The fourth-order valence-electron chi connectivity index (χ4n) is 2.71. The highest BCUT2D eigenvalue weighted by atomic mass is 127. The first-order valence-corrected chi connectivity index (χ1v) is 9.31. The molecular formula is C16H27ClINO. The largest absolute Gasteiger partial charge is 0.431 e. The van der Waals surface area contributed by atoms with Crippen LogP contribution >= 0.6 is 34.2 Å². The van der Waals surface area contributed by atoms with Crippen LogP contribution in [0.1, 0.15) is 84.3 Å². The average Bonchev–Trinajstić information content (AvgIpc) is 2.75. The molecule has 0 saturated heterocycles. The van der Waals surface area contributed by atoms with E-state index in [0.29, 0.717) is 0 Å². The Hall–Kier alpha value is 0.230. The molecule has 1 aromatic rings. The van der Waals surface area contributed by atoms with Gasteiger partial charge in [0.05, 0.1) is 0 Å². The van der Waals surface area contributed by atoms with Crippen molar-refractivity contribution in [1.82, 2.24) is 4.98 Å². The molecule has 1 aromatic heterocycles. The number of hydrogen-bond acceptors (Lipinski definition) is 2. The molecule has 20 heavy (non-hydrogen) atoms. The van der Waals surface area contributed by atoms with Gasteiger partial charge >= 0.3 is 0 Å². The Morgan fingerprint density at radius 1 is 1.05 bits per heavy atom. The van der Waals surface area contributed by atoms with Gasteiger partial charge in [-0.25, -0.2) is 0 Å². The van der Waals surface area contributed by atoms with Crippen LogP contribution < -0.4 is 0 Å². The topological polar surface area (TPSA) is 26.0 Å². The number of nitrogens with zero attached hydrogens (tertiary/aromatic N) is 1. The molecule has 0 bridgehead atoms. The third kappa shape index (κ3) is 5.55. The standard InChI is InChI=1S/C16H27ClINO/c1-4-6-8-10-12-16(3,11-9-7-5-2)13-14(18)19-15(17)20-13/h4-12H2,1-3H3. The molecule has 0 amide bonds. The highest BCUT2D eigenvalue weighted by Gasteiger charge is 2.32. The average molecular weight is 412 g/mol. The Morgan fingerprint density at radius 2 is 1.60 bits per heavy atom. The van der Waals surface area contributed by atoms with Gasteiger partial charge in [-0.2, -0.15) is 4.98 Å². The molecule has 0 fully saturated rings. The second-order valence-corrected chi connectivity index (χ2v) is 7.26. The minimum Gasteiger partial charge on any atom is -0.431 e. The Labute approximate surface area is 142 Å². The molecule has 1 rings (SSSR count). The van der Waals surface area contributed by atoms with E-state index in [-0.39, 0.29) is 10.8 Å². The number of halogens is 2. The Balaban J connectivity index is 2.74. The smallest absolute Gasteiger partial charge is 0.293 e. The van der Waals surface area contributed by atoms with E-state index in [1.54, 1.807) is 0 Å². The van der Waals surface area contributed by atoms with Gasteiger partial charge in [-0.15, -0.1) is 0 Å². The van der Waals surface area contributed by atoms with Gasteiger partial charge in [0.2, 0.25) is 0 Å². The summed E-state index contributed by atoms with van der Waals surface area (Å²) in [4.78, 5) is 4.24. The number of rotatable bonds is 10. The normalized spacial score (nSPS) is 14.4. The van der Waals surface area contributed by atoms with E-state index in [0.717, 1.165) is 22.3 Å². The molecule has 2 nitrogen and oxygen atoms in total. The minimum absolute atomic E-state index is 0.0829. The summed E-state index contributed by atoms with van der Waals surface area (Å²) in [5, 5.41) is 0.277. The lowest BCUT2D eigenvalue weighted by molar-refractivity contribution is 0.297. The molecule has 0 aliphatic heterocycles. The number of aromatic nitrogens is 1. The van der Waals surface area contributed by atoms with Gasteiger partial charge in [0.15, 0.2) is 0 Å². The molecule has 0 saturated carbocycles. The van der Waals surface area contributed by atoms with Crippen molar-refractivity contribution >= 4 is 34.2 Å². The summed E-state index contributed by atoms with van der Waals surface area (Å²) in [6, 6.07) is 0. The lowest BCUT2D eigenvalue weighted by Crippen LogP contribution is -2.22. The monoisotopic (exact) mass is 411 g/mol. The zero-order valence-electron chi connectivity index (χ0n) is 13.0. The molecule has 0 radical (unpaired) electrons. The van der Waals surface area contributed by atoms with Crippen molar-refractivity contribution in [2.75, 3.05) is 0 Å². The van der Waals surface area contributed by atoms with Gasteiger partial charge < -0.3 is 4.42 Å². The Bertz CT molecular complexity index is 394. The number of hydrogen-bond donors (Lipinski definition) is 0. The van der Waals surface area contributed by atoms with Crippen molar-refractivity contribution in [1.29, 1.82) is 0 Å². The quantitative estimate of drug-likeness (QED) is 0.315. The van der Waals surface area contributed by atoms with Crippen LogP contribution in [0.3, 0.4) is 0 Å². The van der Waals surface area contributed by atoms with Crippen molar-refractivity contribution in [3.05, 3.63) is 14.8 Å². The first-order valence-electron chi connectivity index (χ1n) is 7.85. The van der Waals surface area contributed by atoms with Gasteiger partial charge in [-0.05, 0) is 47.0 Å². The summed E-state index contributed by atoms with van der Waals surface area (Å²) in [6.07, 6.45) is 11.3. The van der Waals surface area contributed by atoms with E-state index in [1.807, 2.05) is 0 Å². The Kier molecular flexibility index (Phi) is 8.49. The van der Waals surface area contributed by atoms with E-state index in [2.05, 4.69) is 48.3 Å². The third-order valence-electron chi connectivity index (χ3n) is 4.02. The van der Waals surface area contributed by atoms with Gasteiger partial charge in [-0.1, -0.05) is 65.7 Å². The van der Waals surface area contributed by atoms with Crippen LogP contribution in [0, 0.1) is 3.70 Å². The van der Waals surface area contributed by atoms with Crippen molar-refractivity contribution in [3.63, 3.8) is 0 Å². The molecule has 0 aromatic carbocycles. The van der Waals surface area contributed by atoms with E-state index < -0.39 is 0 Å². The molecule has 0 aliphatic carbocycles. The molecule has 4 heteroatoms. The zero-order chi connectivity index (χ0) is 15.0. The highest BCUT2D eigenvalue weighted by Crippen LogP contribution is 2.38. The summed E-state index contributed by atoms with van der Waals surface area (Å²) >= 11 is 8.18. The van der Waals surface area contributed by atoms with Crippen molar-refractivity contribution in [2.45, 2.75) is 84.0 Å². The van der Waals surface area contributed by atoms with E-state index >= 15 is 0 Å². The van der Waals surface area contributed by atoms with E-state index in [4.69, 9.17) is 16.0 Å². The van der Waals surface area contributed by atoms with E-state index in [1.165, 1.54) is 44.9 Å². The molecule has 116 valence electrons. The van der Waals surface area contributed by atoms with Crippen LogP contribution in [0.5, 0.6) is 0 Å². The lowest BCUT2D eigenvalue weighted by Gasteiger charge is -2.27. The van der Waals surface area contributed by atoms with Crippen LogP contribution in [0.4, 0.5) is 0 Å². The SMILES string of the molecule is CCCCCCC(C)(CCCCC)c1oc(Cl)nc1I. The molecule has 0 aliphatic rings. The van der Waals surface area contributed by atoms with Crippen LogP contribution in [0.15, 0.2) is 4.42 Å². The van der Waals surface area contributed by atoms with Gasteiger partial charge in [0.1, 0.15) is 9.46 Å². The van der Waals surface area contributed by atoms with Crippen LogP contribution in [0.25, 0.3) is 0 Å². The van der Waals surface area contributed by atoms with E-state index in [9.17, 15) is 0 Å². The Morgan fingerprint density at radius 3 is 2.10 bits per heavy atom. The van der Waals surface area contributed by atoms with Crippen molar-refractivity contribution < 1.29 is 4.42 Å². The summed E-state index contributed by atoms with van der Waals surface area (Å²) in [7, 11) is 0. The maximum Gasteiger partial charge on any atom is 0.293 e. The van der Waals surface area contributed by atoms with Gasteiger partial charge in [0, 0.05) is 5.41 Å². The predicted molar refractivity (Wildman–Crippen MR) is 94.5 cm³/mol. The fraction of sp³-hybridized carbons (Fsp3) is 0.812. The van der Waals surface area contributed by atoms with Crippen molar-refractivity contribution in [2.24, 2.45) is 0 Å².